The van der Waals surface area contributed by atoms with Gasteiger partial charge in [0.05, 0.1) is 23.6 Å². The maximum atomic E-state index is 14.8. The largest absolute Gasteiger partial charge is 0.474 e. The first kappa shape index (κ1) is 22.5. The standard InChI is InChI=1S/C27H26FN5O3.H2/c1-16-4-7-20-15-36-26-23(33(20)27(16)35)12-19(14-30-26)31-24-9-6-18(13-29-24)17-5-8-22(21(28)11-17)32-10-2-3-25(32)34;/h5-6,8-9,11-14,16,20H,2-4,7,10,15H2,1H3,(H,29,31);1H/t16?,20-;/m0./s1. The Morgan fingerprint density at radius 1 is 1.06 bits per heavy atom. The van der Waals surface area contributed by atoms with Crippen LogP contribution in [0.15, 0.2) is 48.8 Å². The SMILES string of the molecule is CC1CC[C@H]2COc3ncc(Nc4ccc(-c5ccc(N6CCCC6=O)c(F)c5)cn4)cc3N2C1=O.[HH]. The van der Waals surface area contributed by atoms with Crippen molar-refractivity contribution in [2.75, 3.05) is 28.3 Å². The fourth-order valence-electron chi connectivity index (χ4n) is 5.15. The summed E-state index contributed by atoms with van der Waals surface area (Å²) in [6, 6.07) is 10.4. The minimum absolute atomic E-state index is 0. The molecule has 9 heteroatoms. The zero-order valence-electron chi connectivity index (χ0n) is 19.9. The van der Waals surface area contributed by atoms with Gasteiger partial charge in [-0.2, -0.15) is 0 Å². The number of rotatable bonds is 4. The molecule has 2 fully saturated rings. The molecule has 8 nitrogen and oxygen atoms in total. The molecule has 5 heterocycles. The lowest BCUT2D eigenvalue weighted by Gasteiger charge is -2.41. The van der Waals surface area contributed by atoms with Gasteiger partial charge in [-0.25, -0.2) is 14.4 Å². The second-order valence-electron chi connectivity index (χ2n) is 9.57. The molecule has 0 bridgehead atoms. The number of nitrogens with one attached hydrogen (secondary N) is 1. The van der Waals surface area contributed by atoms with Gasteiger partial charge in [0.25, 0.3) is 0 Å². The molecule has 2 aromatic heterocycles. The number of amides is 2. The first-order valence-electron chi connectivity index (χ1n) is 12.3. The summed E-state index contributed by atoms with van der Waals surface area (Å²) >= 11 is 0. The molecule has 3 aromatic rings. The summed E-state index contributed by atoms with van der Waals surface area (Å²) in [6.45, 7) is 2.97. The molecule has 2 atom stereocenters. The number of carbonyl (C=O) groups excluding carboxylic acids is 2. The Balaban J connectivity index is 0.00000280. The number of fused-ring (bicyclic) bond motifs is 3. The van der Waals surface area contributed by atoms with Crippen molar-refractivity contribution in [2.45, 2.75) is 38.6 Å². The van der Waals surface area contributed by atoms with Gasteiger partial charge < -0.3 is 19.9 Å². The predicted molar refractivity (Wildman–Crippen MR) is 136 cm³/mol. The van der Waals surface area contributed by atoms with Crippen LogP contribution in [0, 0.1) is 11.7 Å². The topological polar surface area (TPSA) is 87.7 Å². The van der Waals surface area contributed by atoms with Crippen LogP contribution < -0.4 is 19.9 Å². The number of aromatic nitrogens is 2. The average molecular weight is 490 g/mol. The minimum atomic E-state index is -0.424. The van der Waals surface area contributed by atoms with Gasteiger partial charge >= 0.3 is 0 Å². The average Bonchev–Trinajstić information content (AvgIpc) is 3.31. The normalized spacial score (nSPS) is 21.2. The van der Waals surface area contributed by atoms with Gasteiger partial charge in [-0.3, -0.25) is 9.59 Å². The number of pyridine rings is 2. The number of halogens is 1. The van der Waals surface area contributed by atoms with Crippen LogP contribution in [0.1, 0.15) is 34.0 Å². The quantitative estimate of drug-likeness (QED) is 0.560. The predicted octanol–water partition coefficient (Wildman–Crippen LogP) is 4.92. The van der Waals surface area contributed by atoms with E-state index in [9.17, 15) is 14.0 Å². The number of ether oxygens (including phenoxy) is 1. The van der Waals surface area contributed by atoms with Gasteiger partial charge in [-0.1, -0.05) is 13.0 Å². The van der Waals surface area contributed by atoms with E-state index < -0.39 is 5.82 Å². The molecule has 6 rings (SSSR count). The van der Waals surface area contributed by atoms with Crippen molar-refractivity contribution < 1.29 is 20.1 Å². The summed E-state index contributed by atoms with van der Waals surface area (Å²) in [6.07, 6.45) is 6.30. The lowest BCUT2D eigenvalue weighted by atomic mass is 9.92. The second-order valence-corrected chi connectivity index (χ2v) is 9.57. The van der Waals surface area contributed by atoms with E-state index in [4.69, 9.17) is 4.74 Å². The molecule has 3 aliphatic rings. The van der Waals surface area contributed by atoms with Crippen LogP contribution in [0.3, 0.4) is 0 Å². The number of nitrogens with zero attached hydrogens (tertiary/aromatic N) is 4. The molecule has 186 valence electrons. The molecule has 3 aliphatic heterocycles. The Morgan fingerprint density at radius 3 is 2.67 bits per heavy atom. The Bertz CT molecular complexity index is 1350. The third-order valence-corrected chi connectivity index (χ3v) is 7.14. The van der Waals surface area contributed by atoms with Crippen molar-refractivity contribution in [3.63, 3.8) is 0 Å². The van der Waals surface area contributed by atoms with E-state index >= 15 is 0 Å². The van der Waals surface area contributed by atoms with Crippen LogP contribution in [0.2, 0.25) is 0 Å². The Labute approximate surface area is 209 Å². The lowest BCUT2D eigenvalue weighted by Crippen LogP contribution is -2.52. The summed E-state index contributed by atoms with van der Waals surface area (Å²) in [4.78, 5) is 37.0. The fourth-order valence-corrected chi connectivity index (χ4v) is 5.15. The van der Waals surface area contributed by atoms with E-state index in [0.29, 0.717) is 53.9 Å². The molecule has 36 heavy (non-hydrogen) atoms. The summed E-state index contributed by atoms with van der Waals surface area (Å²) in [7, 11) is 0. The molecule has 2 amide bonds. The van der Waals surface area contributed by atoms with E-state index in [0.717, 1.165) is 24.8 Å². The van der Waals surface area contributed by atoms with E-state index in [-0.39, 0.29) is 25.2 Å². The van der Waals surface area contributed by atoms with Crippen LogP contribution in [-0.4, -0.2) is 41.0 Å². The second kappa shape index (κ2) is 8.89. The Hall–Kier alpha value is -4.01. The molecule has 1 aromatic carbocycles. The van der Waals surface area contributed by atoms with Crippen LogP contribution in [-0.2, 0) is 9.59 Å². The maximum absolute atomic E-state index is 14.8. The first-order valence-corrected chi connectivity index (χ1v) is 12.3. The van der Waals surface area contributed by atoms with Crippen molar-refractivity contribution in [3.8, 4) is 17.0 Å². The number of benzene rings is 1. The monoisotopic (exact) mass is 489 g/mol. The zero-order chi connectivity index (χ0) is 24.8. The molecule has 0 spiro atoms. The smallest absolute Gasteiger partial charge is 0.238 e. The van der Waals surface area contributed by atoms with Crippen molar-refractivity contribution in [1.82, 2.24) is 9.97 Å². The molecule has 1 unspecified atom stereocenters. The molecular weight excluding hydrogens is 461 g/mol. The van der Waals surface area contributed by atoms with Gasteiger partial charge in [0.1, 0.15) is 23.9 Å². The number of hydrogen-bond donors (Lipinski definition) is 1. The molecule has 0 aliphatic carbocycles. The molecular formula is C27H28FN5O3. The van der Waals surface area contributed by atoms with Crippen LogP contribution in [0.5, 0.6) is 5.88 Å². The third kappa shape index (κ3) is 3.94. The van der Waals surface area contributed by atoms with E-state index in [1.807, 2.05) is 24.0 Å². The van der Waals surface area contributed by atoms with E-state index in [2.05, 4.69) is 15.3 Å². The first-order chi connectivity index (χ1) is 17.5. The number of hydrogen-bond acceptors (Lipinski definition) is 6. The lowest BCUT2D eigenvalue weighted by molar-refractivity contribution is -0.124. The zero-order valence-corrected chi connectivity index (χ0v) is 19.9. The summed E-state index contributed by atoms with van der Waals surface area (Å²) in [5, 5.41) is 3.23. The van der Waals surface area contributed by atoms with Gasteiger partial charge in [0, 0.05) is 32.1 Å². The molecule has 2 saturated heterocycles. The van der Waals surface area contributed by atoms with Gasteiger partial charge in [0.15, 0.2) is 0 Å². The van der Waals surface area contributed by atoms with Gasteiger partial charge in [0.2, 0.25) is 17.7 Å². The maximum Gasteiger partial charge on any atom is 0.238 e. The highest BCUT2D eigenvalue weighted by Gasteiger charge is 2.39. The highest BCUT2D eigenvalue weighted by atomic mass is 19.1. The highest BCUT2D eigenvalue weighted by Crippen LogP contribution is 2.39. The summed E-state index contributed by atoms with van der Waals surface area (Å²) < 4.78 is 20.6. The van der Waals surface area contributed by atoms with Crippen LogP contribution in [0.4, 0.5) is 27.3 Å². The van der Waals surface area contributed by atoms with Crippen molar-refractivity contribution >= 4 is 34.7 Å². The molecule has 1 N–H and O–H groups in total. The van der Waals surface area contributed by atoms with E-state index in [1.54, 1.807) is 30.6 Å². The Kier molecular flexibility index (Phi) is 5.55. The number of carbonyl (C=O) groups is 2. The number of piperidine rings is 1. The van der Waals surface area contributed by atoms with E-state index in [1.165, 1.54) is 11.0 Å². The third-order valence-electron chi connectivity index (χ3n) is 7.14. The minimum Gasteiger partial charge on any atom is -0.474 e. The van der Waals surface area contributed by atoms with Crippen molar-refractivity contribution in [1.29, 1.82) is 0 Å². The van der Waals surface area contributed by atoms with Gasteiger partial charge in [-0.05, 0) is 55.2 Å². The molecule has 0 radical (unpaired) electrons. The summed E-state index contributed by atoms with van der Waals surface area (Å²) in [5.74, 6) is 0.664. The van der Waals surface area contributed by atoms with Crippen molar-refractivity contribution in [3.05, 3.63) is 54.6 Å². The van der Waals surface area contributed by atoms with Gasteiger partial charge in [-0.15, -0.1) is 0 Å². The Morgan fingerprint density at radius 2 is 1.92 bits per heavy atom. The van der Waals surface area contributed by atoms with Crippen LogP contribution in [0.25, 0.3) is 11.1 Å². The summed E-state index contributed by atoms with van der Waals surface area (Å²) in [5.41, 5.74) is 3.12. The van der Waals surface area contributed by atoms with Crippen molar-refractivity contribution in [2.24, 2.45) is 5.92 Å². The number of anilines is 4. The highest BCUT2D eigenvalue weighted by molar-refractivity contribution is 5.98. The fraction of sp³-hybridized carbons (Fsp3) is 0.333. The van der Waals surface area contributed by atoms with Crippen LogP contribution >= 0.6 is 0 Å². The molecule has 0 saturated carbocycles.